The van der Waals surface area contributed by atoms with Crippen molar-refractivity contribution in [3.05, 3.63) is 81.2 Å². The van der Waals surface area contributed by atoms with Crippen molar-refractivity contribution in [2.24, 2.45) is 0 Å². The number of ether oxygens (including phenoxy) is 1. The second kappa shape index (κ2) is 11.2. The summed E-state index contributed by atoms with van der Waals surface area (Å²) in [5.74, 6) is -6.70. The van der Waals surface area contributed by atoms with E-state index < -0.39 is 52.7 Å². The van der Waals surface area contributed by atoms with Gasteiger partial charge in [0.2, 0.25) is 5.91 Å². The van der Waals surface area contributed by atoms with Gasteiger partial charge in [-0.1, -0.05) is 11.6 Å². The van der Waals surface area contributed by atoms with Gasteiger partial charge in [0.15, 0.2) is 17.5 Å². The molecule has 3 amide bonds. The molecule has 1 fully saturated rings. The molecule has 38 heavy (non-hydrogen) atoms. The molecule has 196 valence electrons. The number of hydrogen-bond donors (Lipinski definition) is 1. The molecular weight excluding hydrogens is 549 g/mol. The van der Waals surface area contributed by atoms with Crippen LogP contribution < -0.4 is 5.32 Å². The van der Waals surface area contributed by atoms with E-state index in [9.17, 15) is 32.3 Å². The van der Waals surface area contributed by atoms with Crippen molar-refractivity contribution in [2.75, 3.05) is 18.5 Å². The van der Waals surface area contributed by atoms with Gasteiger partial charge < -0.3 is 14.5 Å². The highest BCUT2D eigenvalue weighted by Crippen LogP contribution is 2.34. The number of benzene rings is 2. The van der Waals surface area contributed by atoms with Crippen molar-refractivity contribution in [3.63, 3.8) is 0 Å². The first-order chi connectivity index (χ1) is 18.1. The maximum atomic E-state index is 13.8. The number of imide groups is 1. The Morgan fingerprint density at radius 1 is 1.11 bits per heavy atom. The monoisotopic (exact) mass is 564 g/mol. The van der Waals surface area contributed by atoms with Crippen LogP contribution in [0.4, 0.5) is 23.7 Å². The molecule has 2 heterocycles. The van der Waals surface area contributed by atoms with Crippen LogP contribution >= 0.6 is 23.4 Å². The Labute approximate surface area is 222 Å². The molecule has 0 radical (unpaired) electrons. The van der Waals surface area contributed by atoms with E-state index in [-0.39, 0.29) is 27.9 Å². The zero-order chi connectivity index (χ0) is 27.6. The zero-order valence-electron chi connectivity index (χ0n) is 19.3. The fourth-order valence-electron chi connectivity index (χ4n) is 3.35. The molecule has 0 saturated carbocycles. The van der Waals surface area contributed by atoms with E-state index in [1.807, 2.05) is 5.32 Å². The fourth-order valence-corrected chi connectivity index (χ4v) is 4.36. The van der Waals surface area contributed by atoms with Gasteiger partial charge in [0.05, 0.1) is 27.8 Å². The lowest BCUT2D eigenvalue weighted by atomic mass is 10.1. The Bertz CT molecular complexity index is 1510. The summed E-state index contributed by atoms with van der Waals surface area (Å²) in [6, 6.07) is 9.16. The van der Waals surface area contributed by atoms with Gasteiger partial charge in [-0.15, -0.1) is 0 Å². The summed E-state index contributed by atoms with van der Waals surface area (Å²) in [6.07, 6.45) is 1.30. The Kier molecular flexibility index (Phi) is 7.93. The summed E-state index contributed by atoms with van der Waals surface area (Å²) in [7, 11) is 0. The van der Waals surface area contributed by atoms with Crippen molar-refractivity contribution >= 4 is 58.1 Å². The predicted octanol–water partition coefficient (Wildman–Crippen LogP) is 5.87. The van der Waals surface area contributed by atoms with Crippen LogP contribution in [0, 0.1) is 17.5 Å². The molecule has 0 spiro atoms. The van der Waals surface area contributed by atoms with Gasteiger partial charge in [-0.3, -0.25) is 19.3 Å². The number of hydrogen-bond acceptors (Lipinski definition) is 7. The molecule has 2 aromatic carbocycles. The number of carbonyl (C=O) groups excluding carboxylic acids is 4. The van der Waals surface area contributed by atoms with E-state index in [1.165, 1.54) is 24.3 Å². The van der Waals surface area contributed by atoms with Gasteiger partial charge >= 0.3 is 5.97 Å². The molecule has 8 nitrogen and oxygen atoms in total. The van der Waals surface area contributed by atoms with Crippen molar-refractivity contribution in [1.29, 1.82) is 0 Å². The number of rotatable bonds is 7. The quantitative estimate of drug-likeness (QED) is 0.217. The first kappa shape index (κ1) is 27.0. The van der Waals surface area contributed by atoms with E-state index in [2.05, 4.69) is 0 Å². The number of nitrogens with one attached hydrogen (secondary N) is 1. The third-order valence-electron chi connectivity index (χ3n) is 5.13. The number of anilines is 1. The van der Waals surface area contributed by atoms with Gasteiger partial charge in [-0.2, -0.15) is 0 Å². The molecule has 1 aliphatic rings. The largest absolute Gasteiger partial charge is 0.462 e. The number of nitrogens with zero attached hydrogens (tertiary/aromatic N) is 1. The van der Waals surface area contributed by atoms with Crippen LogP contribution in [0.25, 0.3) is 17.4 Å². The normalized spacial score (nSPS) is 14.3. The van der Waals surface area contributed by atoms with Crippen molar-refractivity contribution in [2.45, 2.75) is 6.92 Å². The molecule has 1 aromatic heterocycles. The lowest BCUT2D eigenvalue weighted by Crippen LogP contribution is -2.36. The SMILES string of the molecule is CCOC(=O)c1cc(-c2ccc(/C=C3/SC(=O)N(CC(=O)Nc4ccc(F)c(F)c4F)C3=O)o2)ccc1Cl. The van der Waals surface area contributed by atoms with Gasteiger partial charge in [-0.05, 0) is 61.2 Å². The second-order valence-corrected chi connectivity index (χ2v) is 9.06. The highest BCUT2D eigenvalue weighted by molar-refractivity contribution is 8.18. The molecular formula is C25H16ClF3N2O6S. The topological polar surface area (TPSA) is 106 Å². The number of carbonyl (C=O) groups is 4. The molecule has 4 rings (SSSR count). The number of amides is 3. The Morgan fingerprint density at radius 3 is 2.61 bits per heavy atom. The number of furan rings is 1. The molecule has 3 aromatic rings. The first-order valence-electron chi connectivity index (χ1n) is 10.8. The summed E-state index contributed by atoms with van der Waals surface area (Å²) in [5, 5.41) is 1.43. The van der Waals surface area contributed by atoms with Gasteiger partial charge in [0.1, 0.15) is 18.1 Å². The third kappa shape index (κ3) is 5.60. The van der Waals surface area contributed by atoms with Gasteiger partial charge in [0, 0.05) is 11.6 Å². The minimum Gasteiger partial charge on any atom is -0.462 e. The van der Waals surface area contributed by atoms with E-state index in [1.54, 1.807) is 19.1 Å². The lowest BCUT2D eigenvalue weighted by molar-refractivity contribution is -0.127. The van der Waals surface area contributed by atoms with E-state index >= 15 is 0 Å². The van der Waals surface area contributed by atoms with Gasteiger partial charge in [-0.25, -0.2) is 18.0 Å². The maximum Gasteiger partial charge on any atom is 0.339 e. The number of halogens is 4. The average Bonchev–Trinajstić information content (AvgIpc) is 3.45. The molecule has 1 saturated heterocycles. The third-order valence-corrected chi connectivity index (χ3v) is 6.37. The van der Waals surface area contributed by atoms with Crippen LogP contribution in [-0.4, -0.2) is 41.1 Å². The Balaban J connectivity index is 1.47. The van der Waals surface area contributed by atoms with Gasteiger partial charge in [0.25, 0.3) is 11.1 Å². The van der Waals surface area contributed by atoms with Crippen LogP contribution in [0.5, 0.6) is 0 Å². The van der Waals surface area contributed by atoms with Crippen molar-refractivity contribution in [1.82, 2.24) is 4.90 Å². The molecule has 1 aliphatic heterocycles. The highest BCUT2D eigenvalue weighted by Gasteiger charge is 2.36. The number of thioether (sulfide) groups is 1. The number of esters is 1. The molecule has 1 N–H and O–H groups in total. The molecule has 0 aliphatic carbocycles. The van der Waals surface area contributed by atoms with Crippen LogP contribution in [0.1, 0.15) is 23.0 Å². The Morgan fingerprint density at radius 2 is 1.87 bits per heavy atom. The fraction of sp³-hybridized carbons (Fsp3) is 0.120. The van der Waals surface area contributed by atoms with Crippen LogP contribution in [0.3, 0.4) is 0 Å². The Hall–Kier alpha value is -4.03. The average molecular weight is 565 g/mol. The van der Waals surface area contributed by atoms with E-state index in [4.69, 9.17) is 20.8 Å². The first-order valence-corrected chi connectivity index (χ1v) is 12.0. The summed E-state index contributed by atoms with van der Waals surface area (Å²) in [6.45, 7) is 1.04. The zero-order valence-corrected chi connectivity index (χ0v) is 20.9. The molecule has 0 bridgehead atoms. The summed E-state index contributed by atoms with van der Waals surface area (Å²) < 4.78 is 51.0. The predicted molar refractivity (Wildman–Crippen MR) is 133 cm³/mol. The minimum atomic E-state index is -1.77. The van der Waals surface area contributed by atoms with Crippen LogP contribution in [0.15, 0.2) is 51.8 Å². The van der Waals surface area contributed by atoms with E-state index in [0.29, 0.717) is 34.1 Å². The van der Waals surface area contributed by atoms with Crippen LogP contribution in [0.2, 0.25) is 5.02 Å². The van der Waals surface area contributed by atoms with Crippen molar-refractivity contribution < 1.29 is 41.5 Å². The molecule has 0 atom stereocenters. The molecule has 13 heteroatoms. The smallest absolute Gasteiger partial charge is 0.339 e. The summed E-state index contributed by atoms with van der Waals surface area (Å²) in [5.41, 5.74) is 0.00537. The highest BCUT2D eigenvalue weighted by atomic mass is 35.5. The van der Waals surface area contributed by atoms with Crippen molar-refractivity contribution in [3.8, 4) is 11.3 Å². The maximum absolute atomic E-state index is 13.8. The summed E-state index contributed by atoms with van der Waals surface area (Å²) >= 11 is 6.63. The summed E-state index contributed by atoms with van der Waals surface area (Å²) in [4.78, 5) is 49.9. The van der Waals surface area contributed by atoms with E-state index in [0.717, 1.165) is 6.07 Å². The lowest BCUT2D eigenvalue weighted by Gasteiger charge is -2.13. The second-order valence-electron chi connectivity index (χ2n) is 7.66. The van der Waals surface area contributed by atoms with Crippen LogP contribution in [-0.2, 0) is 14.3 Å². The minimum absolute atomic E-state index is 0.0500. The molecule has 0 unspecified atom stereocenters. The standard InChI is InChI=1S/C25H16ClF3N2O6S/c1-2-36-24(34)14-9-12(3-5-15(14)26)18-8-4-13(37-18)10-19-23(33)31(25(35)38-19)11-20(32)30-17-7-6-16(27)21(28)22(17)29/h3-10H,2,11H2,1H3,(H,30,32)/b19-10+.